The second kappa shape index (κ2) is 5.25. The van der Waals surface area contributed by atoms with Crippen LogP contribution in [0.1, 0.15) is 32.6 Å². The molecule has 0 N–H and O–H groups in total. The van der Waals surface area contributed by atoms with Crippen LogP contribution in [0.25, 0.3) is 0 Å². The number of esters is 1. The van der Waals surface area contributed by atoms with Gasteiger partial charge in [-0.1, -0.05) is 13.3 Å². The van der Waals surface area contributed by atoms with Gasteiger partial charge >= 0.3 is 5.97 Å². The third-order valence-corrected chi connectivity index (χ3v) is 2.58. The highest BCUT2D eigenvalue weighted by Gasteiger charge is 2.25. The molecule has 0 aromatic carbocycles. The monoisotopic (exact) mass is 182 g/mol. The average Bonchev–Trinajstić information content (AvgIpc) is 2.52. The molecule has 1 aliphatic carbocycles. The molecule has 2 radical (unpaired) electrons. The highest BCUT2D eigenvalue weighted by Crippen LogP contribution is 2.33. The molecule has 1 fully saturated rings. The van der Waals surface area contributed by atoms with Crippen LogP contribution in [-0.4, -0.2) is 12.6 Å². The number of rotatable bonds is 4. The topological polar surface area (TPSA) is 26.3 Å². The summed E-state index contributed by atoms with van der Waals surface area (Å²) in [5, 5.41) is 0. The fourth-order valence-corrected chi connectivity index (χ4v) is 1.84. The zero-order chi connectivity index (χ0) is 9.68. The van der Waals surface area contributed by atoms with Gasteiger partial charge in [-0.2, -0.15) is 0 Å². The zero-order valence-electron chi connectivity index (χ0n) is 8.29. The molecule has 2 heteroatoms. The lowest BCUT2D eigenvalue weighted by Crippen LogP contribution is -2.09. The van der Waals surface area contributed by atoms with E-state index in [2.05, 4.69) is 13.3 Å². The normalized spacial score (nSPS) is 27.5. The van der Waals surface area contributed by atoms with Gasteiger partial charge in [0, 0.05) is 6.42 Å². The summed E-state index contributed by atoms with van der Waals surface area (Å²) >= 11 is 0. The Morgan fingerprint density at radius 1 is 1.69 bits per heavy atom. The van der Waals surface area contributed by atoms with Gasteiger partial charge in [0.1, 0.15) is 0 Å². The van der Waals surface area contributed by atoms with Crippen molar-refractivity contribution in [1.82, 2.24) is 0 Å². The minimum atomic E-state index is -0.0616. The Bertz CT molecular complexity index is 165. The average molecular weight is 182 g/mol. The Labute approximate surface area is 80.7 Å². The van der Waals surface area contributed by atoms with Gasteiger partial charge in [-0.15, -0.1) is 0 Å². The number of ether oxygens (including phenoxy) is 1. The van der Waals surface area contributed by atoms with Crippen LogP contribution >= 0.6 is 0 Å². The largest absolute Gasteiger partial charge is 0.466 e. The van der Waals surface area contributed by atoms with Crippen molar-refractivity contribution in [2.45, 2.75) is 32.6 Å². The molecule has 1 saturated carbocycles. The van der Waals surface area contributed by atoms with Crippen molar-refractivity contribution in [1.29, 1.82) is 0 Å². The van der Waals surface area contributed by atoms with Crippen LogP contribution in [0.3, 0.4) is 0 Å². The molecular formula is C11H18O2. The Morgan fingerprint density at radius 2 is 2.46 bits per heavy atom. The molecule has 2 unspecified atom stereocenters. The molecule has 1 aliphatic rings. The highest BCUT2D eigenvalue weighted by molar-refractivity contribution is 5.69. The first-order valence-electron chi connectivity index (χ1n) is 5.04. The summed E-state index contributed by atoms with van der Waals surface area (Å²) < 4.78 is 4.90. The second-order valence-electron chi connectivity index (χ2n) is 3.63. The summed E-state index contributed by atoms with van der Waals surface area (Å²) in [4.78, 5) is 11.1. The first kappa shape index (κ1) is 10.6. The SMILES string of the molecule is [CH2]CC1C[CH]C(CC(=O)OCC)C1. The maximum Gasteiger partial charge on any atom is 0.306 e. The molecule has 0 bridgehead atoms. The molecule has 1 rings (SSSR count). The van der Waals surface area contributed by atoms with E-state index in [-0.39, 0.29) is 5.97 Å². The standard InChI is InChI=1S/C11H18O2/c1-3-9-5-6-10(7-9)8-11(12)13-4-2/h6,9-10H,1,3-5,7-8H2,2H3. The van der Waals surface area contributed by atoms with E-state index in [1.54, 1.807) is 0 Å². The lowest BCUT2D eigenvalue weighted by Gasteiger charge is -2.08. The molecule has 0 heterocycles. The van der Waals surface area contributed by atoms with Crippen molar-refractivity contribution < 1.29 is 9.53 Å². The van der Waals surface area contributed by atoms with E-state index in [4.69, 9.17) is 4.74 Å². The van der Waals surface area contributed by atoms with Gasteiger partial charge in [-0.05, 0) is 38.0 Å². The van der Waals surface area contributed by atoms with Gasteiger partial charge < -0.3 is 4.74 Å². The summed E-state index contributed by atoms with van der Waals surface area (Å²) in [6.45, 7) is 6.21. The Hall–Kier alpha value is -0.530. The maximum atomic E-state index is 11.1. The zero-order valence-corrected chi connectivity index (χ0v) is 8.29. The van der Waals surface area contributed by atoms with Gasteiger partial charge in [-0.3, -0.25) is 4.79 Å². The smallest absolute Gasteiger partial charge is 0.306 e. The summed E-state index contributed by atoms with van der Waals surface area (Å²) in [6, 6.07) is 0. The quantitative estimate of drug-likeness (QED) is 0.624. The van der Waals surface area contributed by atoms with Gasteiger partial charge in [0.2, 0.25) is 0 Å². The third-order valence-electron chi connectivity index (χ3n) is 2.58. The molecule has 13 heavy (non-hydrogen) atoms. The molecule has 0 aromatic heterocycles. The number of carbonyl (C=O) groups is 1. The van der Waals surface area contributed by atoms with Crippen LogP contribution in [0.5, 0.6) is 0 Å². The Balaban J connectivity index is 2.19. The van der Waals surface area contributed by atoms with Gasteiger partial charge in [0.05, 0.1) is 6.61 Å². The Kier molecular flexibility index (Phi) is 4.26. The van der Waals surface area contributed by atoms with Crippen LogP contribution in [-0.2, 0) is 9.53 Å². The summed E-state index contributed by atoms with van der Waals surface area (Å²) in [6.07, 6.45) is 6.02. The first-order chi connectivity index (χ1) is 6.26. The molecule has 2 atom stereocenters. The van der Waals surface area contributed by atoms with E-state index in [1.165, 1.54) is 0 Å². The number of carbonyl (C=O) groups excluding carboxylic acids is 1. The third kappa shape index (κ3) is 3.37. The fourth-order valence-electron chi connectivity index (χ4n) is 1.84. The highest BCUT2D eigenvalue weighted by atomic mass is 16.5. The van der Waals surface area contributed by atoms with Crippen LogP contribution in [0.2, 0.25) is 0 Å². The van der Waals surface area contributed by atoms with E-state index in [9.17, 15) is 4.79 Å². The van der Waals surface area contributed by atoms with E-state index < -0.39 is 0 Å². The van der Waals surface area contributed by atoms with E-state index >= 15 is 0 Å². The van der Waals surface area contributed by atoms with Crippen LogP contribution in [0.4, 0.5) is 0 Å². The van der Waals surface area contributed by atoms with Crippen LogP contribution in [0.15, 0.2) is 0 Å². The van der Waals surface area contributed by atoms with Crippen molar-refractivity contribution >= 4 is 5.97 Å². The lowest BCUT2D eigenvalue weighted by molar-refractivity contribution is -0.143. The number of hydrogen-bond donors (Lipinski definition) is 0. The molecule has 74 valence electrons. The van der Waals surface area contributed by atoms with Crippen LogP contribution in [0, 0.1) is 25.2 Å². The molecule has 0 spiro atoms. The first-order valence-corrected chi connectivity index (χ1v) is 5.04. The van der Waals surface area contributed by atoms with Crippen molar-refractivity contribution in [2.75, 3.05) is 6.61 Å². The fraction of sp³-hybridized carbons (Fsp3) is 0.727. The van der Waals surface area contributed by atoms with E-state index in [0.717, 1.165) is 19.3 Å². The lowest BCUT2D eigenvalue weighted by atomic mass is 10.0. The summed E-state index contributed by atoms with van der Waals surface area (Å²) in [5.74, 6) is 1.07. The second-order valence-corrected chi connectivity index (χ2v) is 3.63. The minimum Gasteiger partial charge on any atom is -0.466 e. The van der Waals surface area contributed by atoms with Crippen molar-refractivity contribution in [3.63, 3.8) is 0 Å². The molecule has 0 amide bonds. The number of hydrogen-bond acceptors (Lipinski definition) is 2. The minimum absolute atomic E-state index is 0.0616. The van der Waals surface area contributed by atoms with Crippen molar-refractivity contribution in [3.8, 4) is 0 Å². The van der Waals surface area contributed by atoms with Crippen LogP contribution < -0.4 is 0 Å². The van der Waals surface area contributed by atoms with Gasteiger partial charge in [-0.25, -0.2) is 0 Å². The van der Waals surface area contributed by atoms with E-state index in [1.807, 2.05) is 6.92 Å². The molecule has 2 nitrogen and oxygen atoms in total. The van der Waals surface area contributed by atoms with Gasteiger partial charge in [0.15, 0.2) is 0 Å². The molecule has 0 aromatic rings. The molecule has 0 aliphatic heterocycles. The predicted molar refractivity (Wildman–Crippen MR) is 51.7 cm³/mol. The van der Waals surface area contributed by atoms with Crippen molar-refractivity contribution in [2.24, 2.45) is 11.8 Å². The summed E-state index contributed by atoms with van der Waals surface area (Å²) in [7, 11) is 0. The van der Waals surface area contributed by atoms with Gasteiger partial charge in [0.25, 0.3) is 0 Å². The maximum absolute atomic E-state index is 11.1. The molecule has 0 saturated heterocycles. The van der Waals surface area contributed by atoms with Crippen molar-refractivity contribution in [3.05, 3.63) is 13.3 Å². The summed E-state index contributed by atoms with van der Waals surface area (Å²) in [5.41, 5.74) is 0. The predicted octanol–water partition coefficient (Wildman–Crippen LogP) is 2.39. The Morgan fingerprint density at radius 3 is 3.00 bits per heavy atom. The van der Waals surface area contributed by atoms with E-state index in [0.29, 0.717) is 24.9 Å². The molecular weight excluding hydrogens is 164 g/mol.